The van der Waals surface area contributed by atoms with Crippen LogP contribution in [0.2, 0.25) is 0 Å². The van der Waals surface area contributed by atoms with Crippen molar-refractivity contribution in [3.8, 4) is 28.8 Å². The molecule has 0 aliphatic heterocycles. The van der Waals surface area contributed by atoms with Crippen LogP contribution in [0.5, 0.6) is 17.4 Å². The standard InChI is InChI=1S/C22H16N2O5/c25-20-14-23(17-6-4-5-15(13-17)21(26)27)22(28)24(20)16-9-11-19(12-10-16)29-18-7-2-1-3-8-18/h1-14,25H,(H,26,27). The molecule has 0 bridgehead atoms. The lowest BCUT2D eigenvalue weighted by molar-refractivity contribution is 0.0697. The summed E-state index contributed by atoms with van der Waals surface area (Å²) >= 11 is 0. The Labute approximate surface area is 165 Å². The second kappa shape index (κ2) is 7.40. The molecular formula is C22H16N2O5. The van der Waals surface area contributed by atoms with Crippen molar-refractivity contribution in [3.63, 3.8) is 0 Å². The van der Waals surface area contributed by atoms with Crippen LogP contribution in [0.3, 0.4) is 0 Å². The molecule has 0 amide bonds. The minimum atomic E-state index is -1.10. The Kier molecular flexibility index (Phi) is 4.62. The maximum atomic E-state index is 12.8. The number of ether oxygens (including phenoxy) is 1. The molecule has 1 aromatic heterocycles. The van der Waals surface area contributed by atoms with Gasteiger partial charge in [-0.3, -0.25) is 4.57 Å². The van der Waals surface area contributed by atoms with Crippen molar-refractivity contribution in [2.75, 3.05) is 0 Å². The highest BCUT2D eigenvalue weighted by molar-refractivity contribution is 5.88. The lowest BCUT2D eigenvalue weighted by atomic mass is 10.2. The molecule has 0 saturated heterocycles. The quantitative estimate of drug-likeness (QED) is 0.542. The number of aromatic carboxylic acids is 1. The predicted molar refractivity (Wildman–Crippen MR) is 107 cm³/mol. The van der Waals surface area contributed by atoms with Gasteiger partial charge in [0.15, 0.2) is 0 Å². The molecule has 0 radical (unpaired) electrons. The third-order valence-corrected chi connectivity index (χ3v) is 4.32. The summed E-state index contributed by atoms with van der Waals surface area (Å²) in [4.78, 5) is 24.0. The highest BCUT2D eigenvalue weighted by Gasteiger charge is 2.15. The lowest BCUT2D eigenvalue weighted by Crippen LogP contribution is -2.22. The summed E-state index contributed by atoms with van der Waals surface area (Å²) in [6.07, 6.45) is 1.25. The molecule has 0 aliphatic rings. The van der Waals surface area contributed by atoms with Crippen LogP contribution in [0.1, 0.15) is 10.4 Å². The third kappa shape index (κ3) is 3.61. The van der Waals surface area contributed by atoms with Gasteiger partial charge in [-0.25, -0.2) is 14.2 Å². The fourth-order valence-electron chi connectivity index (χ4n) is 2.94. The van der Waals surface area contributed by atoms with Crippen molar-refractivity contribution >= 4 is 5.97 Å². The van der Waals surface area contributed by atoms with Gasteiger partial charge in [-0.05, 0) is 54.6 Å². The Morgan fingerprint density at radius 2 is 1.52 bits per heavy atom. The van der Waals surface area contributed by atoms with Crippen molar-refractivity contribution in [1.82, 2.24) is 9.13 Å². The number of benzene rings is 3. The Bertz CT molecular complexity index is 1220. The summed E-state index contributed by atoms with van der Waals surface area (Å²) in [6.45, 7) is 0. The van der Waals surface area contributed by atoms with Gasteiger partial charge in [0.2, 0.25) is 5.88 Å². The molecule has 144 valence electrons. The third-order valence-electron chi connectivity index (χ3n) is 4.32. The summed E-state index contributed by atoms with van der Waals surface area (Å²) in [5, 5.41) is 19.4. The second-order valence-electron chi connectivity index (χ2n) is 6.24. The highest BCUT2D eigenvalue weighted by atomic mass is 16.5. The van der Waals surface area contributed by atoms with E-state index in [4.69, 9.17) is 9.84 Å². The maximum Gasteiger partial charge on any atom is 0.340 e. The van der Waals surface area contributed by atoms with Crippen LogP contribution in [0, 0.1) is 0 Å². The van der Waals surface area contributed by atoms with Crippen LogP contribution in [0.15, 0.2) is 89.9 Å². The number of hydrogen-bond acceptors (Lipinski definition) is 4. The first kappa shape index (κ1) is 18.1. The zero-order valence-electron chi connectivity index (χ0n) is 15.1. The lowest BCUT2D eigenvalue weighted by Gasteiger charge is -2.07. The maximum absolute atomic E-state index is 12.8. The number of aromatic nitrogens is 2. The smallest absolute Gasteiger partial charge is 0.340 e. The number of hydrogen-bond donors (Lipinski definition) is 2. The molecule has 29 heavy (non-hydrogen) atoms. The average molecular weight is 388 g/mol. The average Bonchev–Trinajstić information content (AvgIpc) is 3.03. The normalized spacial score (nSPS) is 10.6. The highest BCUT2D eigenvalue weighted by Crippen LogP contribution is 2.24. The SMILES string of the molecule is O=C(O)c1cccc(-n2cc(O)n(-c3ccc(Oc4ccccc4)cc3)c2=O)c1. The van der Waals surface area contributed by atoms with E-state index in [2.05, 4.69) is 0 Å². The zero-order chi connectivity index (χ0) is 20.4. The molecule has 1 heterocycles. The van der Waals surface area contributed by atoms with Crippen molar-refractivity contribution < 1.29 is 19.7 Å². The number of para-hydroxylation sites is 1. The van der Waals surface area contributed by atoms with E-state index in [1.54, 1.807) is 30.3 Å². The molecule has 4 rings (SSSR count). The number of imidazole rings is 1. The van der Waals surface area contributed by atoms with Gasteiger partial charge in [0.1, 0.15) is 11.5 Å². The van der Waals surface area contributed by atoms with Gasteiger partial charge in [0.25, 0.3) is 0 Å². The Balaban J connectivity index is 1.67. The van der Waals surface area contributed by atoms with E-state index in [9.17, 15) is 14.7 Å². The van der Waals surface area contributed by atoms with Crippen molar-refractivity contribution in [3.05, 3.63) is 101 Å². The molecule has 2 N–H and O–H groups in total. The minimum absolute atomic E-state index is 0.0454. The molecule has 0 spiro atoms. The number of carbonyl (C=O) groups is 1. The summed E-state index contributed by atoms with van der Waals surface area (Å²) in [6, 6.07) is 21.9. The second-order valence-corrected chi connectivity index (χ2v) is 6.24. The van der Waals surface area contributed by atoms with Crippen LogP contribution >= 0.6 is 0 Å². The van der Waals surface area contributed by atoms with Gasteiger partial charge in [0.05, 0.1) is 23.1 Å². The first-order valence-corrected chi connectivity index (χ1v) is 8.73. The van der Waals surface area contributed by atoms with Gasteiger partial charge in [0, 0.05) is 0 Å². The summed E-state index contributed by atoms with van der Waals surface area (Å²) < 4.78 is 8.04. The Morgan fingerprint density at radius 3 is 2.21 bits per heavy atom. The van der Waals surface area contributed by atoms with Gasteiger partial charge in [-0.1, -0.05) is 24.3 Å². The molecule has 0 aliphatic carbocycles. The van der Waals surface area contributed by atoms with Crippen molar-refractivity contribution in [2.45, 2.75) is 0 Å². The van der Waals surface area contributed by atoms with Gasteiger partial charge in [-0.15, -0.1) is 0 Å². The number of carboxylic acid groups (broad SMARTS) is 1. The molecule has 0 fully saturated rings. The van der Waals surface area contributed by atoms with E-state index in [1.807, 2.05) is 30.3 Å². The molecule has 7 nitrogen and oxygen atoms in total. The molecular weight excluding hydrogens is 372 g/mol. The first-order chi connectivity index (χ1) is 14.0. The minimum Gasteiger partial charge on any atom is -0.493 e. The summed E-state index contributed by atoms with van der Waals surface area (Å²) in [7, 11) is 0. The fraction of sp³-hybridized carbons (Fsp3) is 0. The predicted octanol–water partition coefficient (Wildman–Crippen LogP) is 3.82. The zero-order valence-corrected chi connectivity index (χ0v) is 15.1. The largest absolute Gasteiger partial charge is 0.493 e. The molecule has 3 aromatic carbocycles. The van der Waals surface area contributed by atoms with E-state index < -0.39 is 11.7 Å². The van der Waals surface area contributed by atoms with E-state index >= 15 is 0 Å². The molecule has 0 saturated carbocycles. The van der Waals surface area contributed by atoms with Crippen LogP contribution in [0.4, 0.5) is 0 Å². The fourth-order valence-corrected chi connectivity index (χ4v) is 2.94. The molecule has 0 atom stereocenters. The number of rotatable bonds is 5. The van der Waals surface area contributed by atoms with E-state index in [1.165, 1.54) is 29.0 Å². The topological polar surface area (TPSA) is 93.7 Å². The van der Waals surface area contributed by atoms with Gasteiger partial charge in [-0.2, -0.15) is 0 Å². The van der Waals surface area contributed by atoms with Crippen LogP contribution in [-0.4, -0.2) is 25.3 Å². The number of carboxylic acids is 1. The molecule has 4 aromatic rings. The van der Waals surface area contributed by atoms with Crippen LogP contribution in [-0.2, 0) is 0 Å². The van der Waals surface area contributed by atoms with Crippen molar-refractivity contribution in [1.29, 1.82) is 0 Å². The Hall–Kier alpha value is -4.26. The number of nitrogens with zero attached hydrogens (tertiary/aromatic N) is 2. The van der Waals surface area contributed by atoms with E-state index in [0.717, 1.165) is 4.57 Å². The van der Waals surface area contributed by atoms with Crippen LogP contribution < -0.4 is 10.4 Å². The summed E-state index contributed by atoms with van der Waals surface area (Å²) in [5.41, 5.74) is 0.305. The first-order valence-electron chi connectivity index (χ1n) is 8.73. The van der Waals surface area contributed by atoms with Gasteiger partial charge >= 0.3 is 11.7 Å². The van der Waals surface area contributed by atoms with E-state index in [0.29, 0.717) is 22.9 Å². The van der Waals surface area contributed by atoms with E-state index in [-0.39, 0.29) is 11.4 Å². The van der Waals surface area contributed by atoms with Crippen molar-refractivity contribution in [2.24, 2.45) is 0 Å². The summed E-state index contributed by atoms with van der Waals surface area (Å²) in [5.74, 6) is -0.101. The Morgan fingerprint density at radius 1 is 0.828 bits per heavy atom. The number of aromatic hydroxyl groups is 1. The van der Waals surface area contributed by atoms with Gasteiger partial charge < -0.3 is 14.9 Å². The monoisotopic (exact) mass is 388 g/mol. The molecule has 7 heteroatoms. The molecule has 0 unspecified atom stereocenters. The van der Waals surface area contributed by atoms with Crippen LogP contribution in [0.25, 0.3) is 11.4 Å².